The maximum absolute atomic E-state index is 13.7. The van der Waals surface area contributed by atoms with Gasteiger partial charge in [-0.1, -0.05) is 18.2 Å². The van der Waals surface area contributed by atoms with Gasteiger partial charge in [0.25, 0.3) is 0 Å². The van der Waals surface area contributed by atoms with Crippen molar-refractivity contribution < 1.29 is 23.8 Å². The predicted molar refractivity (Wildman–Crippen MR) is 74.0 cm³/mol. The molecular weight excluding hydrogens is 277 g/mol. The van der Waals surface area contributed by atoms with Crippen molar-refractivity contribution in [1.29, 1.82) is 0 Å². The third-order valence-electron chi connectivity index (χ3n) is 3.34. The van der Waals surface area contributed by atoms with E-state index in [0.29, 0.717) is 17.7 Å². The monoisotopic (exact) mass is 293 g/mol. The molecule has 1 aliphatic rings. The molecule has 1 heterocycles. The lowest BCUT2D eigenvalue weighted by Gasteiger charge is -2.32. The number of rotatable bonds is 3. The number of hydrogen-bond donors (Lipinski definition) is 1. The van der Waals surface area contributed by atoms with Gasteiger partial charge in [-0.15, -0.1) is 0 Å². The molecule has 6 heteroatoms. The maximum Gasteiger partial charge on any atom is 0.328 e. The van der Waals surface area contributed by atoms with E-state index in [1.54, 1.807) is 25.1 Å². The fourth-order valence-electron chi connectivity index (χ4n) is 2.20. The number of carbonyl (C=O) groups excluding carboxylic acids is 1. The molecule has 1 N–H and O–H groups in total. The maximum atomic E-state index is 13.7. The molecule has 0 radical (unpaired) electrons. The Bertz CT molecular complexity index is 585. The van der Waals surface area contributed by atoms with Crippen LogP contribution < -0.4 is 0 Å². The molecule has 1 aromatic carbocycles. The topological polar surface area (TPSA) is 66.8 Å². The minimum atomic E-state index is -1.11. The predicted octanol–water partition coefficient (Wildman–Crippen LogP) is 1.54. The van der Waals surface area contributed by atoms with Crippen LogP contribution in [0.3, 0.4) is 0 Å². The molecule has 0 bridgehead atoms. The number of aliphatic carboxylic acids is 1. The number of amides is 1. The number of carbonyl (C=O) groups is 2. The first-order chi connectivity index (χ1) is 10.0. The van der Waals surface area contributed by atoms with Crippen LogP contribution in [0.15, 0.2) is 30.3 Å². The minimum absolute atomic E-state index is 0.0341. The molecule has 1 aromatic rings. The molecule has 0 spiro atoms. The Morgan fingerprint density at radius 3 is 2.81 bits per heavy atom. The quantitative estimate of drug-likeness (QED) is 0.859. The van der Waals surface area contributed by atoms with E-state index < -0.39 is 23.7 Å². The average molecular weight is 293 g/mol. The standard InChI is InChI=1S/C15H16FNO4/c1-10(11-4-2-3-5-12(11)16)8-14(18)17-6-7-21-9-13(17)15(19)20/h2-5,8,13H,6-7,9H2,1H3,(H,19,20)/b10-8+. The Hall–Kier alpha value is -2.21. The summed E-state index contributed by atoms with van der Waals surface area (Å²) in [6.07, 6.45) is 1.26. The molecule has 21 heavy (non-hydrogen) atoms. The van der Waals surface area contributed by atoms with Crippen molar-refractivity contribution in [3.63, 3.8) is 0 Å². The summed E-state index contributed by atoms with van der Waals surface area (Å²) in [5.74, 6) is -1.98. The largest absolute Gasteiger partial charge is 0.480 e. The van der Waals surface area contributed by atoms with Crippen LogP contribution in [0.1, 0.15) is 12.5 Å². The molecule has 1 unspecified atom stereocenters. The molecule has 0 aromatic heterocycles. The van der Waals surface area contributed by atoms with Crippen molar-refractivity contribution in [3.05, 3.63) is 41.7 Å². The summed E-state index contributed by atoms with van der Waals surface area (Å²) < 4.78 is 18.7. The molecule has 1 fully saturated rings. The van der Waals surface area contributed by atoms with Crippen molar-refractivity contribution in [2.75, 3.05) is 19.8 Å². The van der Waals surface area contributed by atoms with Crippen molar-refractivity contribution in [2.24, 2.45) is 0 Å². The van der Waals surface area contributed by atoms with Crippen LogP contribution in [0.5, 0.6) is 0 Å². The molecule has 1 amide bonds. The smallest absolute Gasteiger partial charge is 0.328 e. The zero-order valence-electron chi connectivity index (χ0n) is 11.6. The second-order valence-corrected chi connectivity index (χ2v) is 4.77. The zero-order valence-corrected chi connectivity index (χ0v) is 11.6. The van der Waals surface area contributed by atoms with E-state index in [1.165, 1.54) is 17.0 Å². The van der Waals surface area contributed by atoms with Gasteiger partial charge in [0, 0.05) is 18.2 Å². The molecule has 1 saturated heterocycles. The summed E-state index contributed by atoms with van der Waals surface area (Å²) in [7, 11) is 0. The Balaban J connectivity index is 2.21. The van der Waals surface area contributed by atoms with Crippen LogP contribution in [-0.2, 0) is 14.3 Å². The van der Waals surface area contributed by atoms with Crippen molar-refractivity contribution in [2.45, 2.75) is 13.0 Å². The first kappa shape index (κ1) is 15.2. The molecule has 2 rings (SSSR count). The molecule has 0 aliphatic carbocycles. The lowest BCUT2D eigenvalue weighted by molar-refractivity contribution is -0.156. The van der Waals surface area contributed by atoms with Gasteiger partial charge in [-0.05, 0) is 18.6 Å². The fourth-order valence-corrected chi connectivity index (χ4v) is 2.20. The molecule has 1 aliphatic heterocycles. The first-order valence-corrected chi connectivity index (χ1v) is 6.55. The van der Waals surface area contributed by atoms with Crippen molar-refractivity contribution >= 4 is 17.4 Å². The number of carboxylic acids is 1. The van der Waals surface area contributed by atoms with E-state index in [2.05, 4.69) is 0 Å². The first-order valence-electron chi connectivity index (χ1n) is 6.55. The van der Waals surface area contributed by atoms with Crippen LogP contribution in [0, 0.1) is 5.82 Å². The van der Waals surface area contributed by atoms with Gasteiger partial charge in [-0.25, -0.2) is 9.18 Å². The normalized spacial score (nSPS) is 19.4. The number of ether oxygens (including phenoxy) is 1. The number of nitrogens with zero attached hydrogens (tertiary/aromatic N) is 1. The number of carboxylic acid groups (broad SMARTS) is 1. The van der Waals surface area contributed by atoms with E-state index >= 15 is 0 Å². The van der Waals surface area contributed by atoms with Gasteiger partial charge in [0.1, 0.15) is 5.82 Å². The molecule has 112 valence electrons. The second kappa shape index (κ2) is 6.49. The van der Waals surface area contributed by atoms with E-state index in [0.717, 1.165) is 0 Å². The van der Waals surface area contributed by atoms with Crippen molar-refractivity contribution in [3.8, 4) is 0 Å². The summed E-state index contributed by atoms with van der Waals surface area (Å²) in [5.41, 5.74) is 0.778. The summed E-state index contributed by atoms with van der Waals surface area (Å²) in [6.45, 7) is 2.08. The second-order valence-electron chi connectivity index (χ2n) is 4.77. The molecule has 0 saturated carbocycles. The molecule has 5 nitrogen and oxygen atoms in total. The van der Waals surface area contributed by atoms with E-state index in [-0.39, 0.29) is 13.2 Å². The highest BCUT2D eigenvalue weighted by Crippen LogP contribution is 2.18. The zero-order chi connectivity index (χ0) is 15.4. The minimum Gasteiger partial charge on any atom is -0.480 e. The molecular formula is C15H16FNO4. The highest BCUT2D eigenvalue weighted by Gasteiger charge is 2.31. The number of halogens is 1. The SMILES string of the molecule is C/C(=C\C(=O)N1CCOCC1C(=O)O)c1ccccc1F. The highest BCUT2D eigenvalue weighted by molar-refractivity contribution is 5.97. The van der Waals surface area contributed by atoms with Gasteiger partial charge < -0.3 is 14.7 Å². The van der Waals surface area contributed by atoms with Crippen LogP contribution >= 0.6 is 0 Å². The Morgan fingerprint density at radius 2 is 2.14 bits per heavy atom. The Morgan fingerprint density at radius 1 is 1.43 bits per heavy atom. The fraction of sp³-hybridized carbons (Fsp3) is 0.333. The summed E-state index contributed by atoms with van der Waals surface area (Å²) in [6, 6.07) is 5.12. The van der Waals surface area contributed by atoms with Gasteiger partial charge in [-0.3, -0.25) is 4.79 Å². The number of allylic oxidation sites excluding steroid dienone is 1. The lowest BCUT2D eigenvalue weighted by atomic mass is 10.1. The number of benzene rings is 1. The van der Waals surface area contributed by atoms with Crippen LogP contribution in [0.4, 0.5) is 4.39 Å². The third kappa shape index (κ3) is 3.46. The van der Waals surface area contributed by atoms with Crippen LogP contribution in [0.2, 0.25) is 0 Å². The van der Waals surface area contributed by atoms with Gasteiger partial charge >= 0.3 is 5.97 Å². The third-order valence-corrected chi connectivity index (χ3v) is 3.34. The highest BCUT2D eigenvalue weighted by atomic mass is 19.1. The number of morpholine rings is 1. The van der Waals surface area contributed by atoms with E-state index in [1.807, 2.05) is 0 Å². The number of hydrogen-bond acceptors (Lipinski definition) is 3. The lowest BCUT2D eigenvalue weighted by Crippen LogP contribution is -2.52. The average Bonchev–Trinajstić information content (AvgIpc) is 2.47. The van der Waals surface area contributed by atoms with E-state index in [4.69, 9.17) is 9.84 Å². The summed E-state index contributed by atoms with van der Waals surface area (Å²) in [4.78, 5) is 24.6. The van der Waals surface area contributed by atoms with Crippen LogP contribution in [-0.4, -0.2) is 47.7 Å². The Kier molecular flexibility index (Phi) is 4.70. The molecule has 1 atom stereocenters. The van der Waals surface area contributed by atoms with Gasteiger partial charge in [0.15, 0.2) is 6.04 Å². The Labute approximate surface area is 121 Å². The van der Waals surface area contributed by atoms with Gasteiger partial charge in [-0.2, -0.15) is 0 Å². The van der Waals surface area contributed by atoms with Gasteiger partial charge in [0.2, 0.25) is 5.91 Å². The van der Waals surface area contributed by atoms with Crippen molar-refractivity contribution in [1.82, 2.24) is 4.90 Å². The van der Waals surface area contributed by atoms with E-state index in [9.17, 15) is 14.0 Å². The van der Waals surface area contributed by atoms with Crippen LogP contribution in [0.25, 0.3) is 5.57 Å². The summed E-state index contributed by atoms with van der Waals surface area (Å²) >= 11 is 0. The van der Waals surface area contributed by atoms with Gasteiger partial charge in [0.05, 0.1) is 13.2 Å². The summed E-state index contributed by atoms with van der Waals surface area (Å²) in [5, 5.41) is 9.10.